The highest BCUT2D eigenvalue weighted by atomic mass is 35.5. The molecule has 2 aromatic rings. The van der Waals surface area contributed by atoms with E-state index in [4.69, 9.17) is 11.6 Å². The van der Waals surface area contributed by atoms with E-state index in [0.29, 0.717) is 14.9 Å². The predicted molar refractivity (Wildman–Crippen MR) is 90.6 cm³/mol. The number of aryl methyl sites for hydroxylation is 1. The second-order valence-electron chi connectivity index (χ2n) is 5.60. The van der Waals surface area contributed by atoms with E-state index in [2.05, 4.69) is 10.3 Å². The predicted octanol–water partition coefficient (Wildman–Crippen LogP) is 2.76. The van der Waals surface area contributed by atoms with E-state index in [1.54, 1.807) is 0 Å². The Hall–Kier alpha value is -1.44. The summed E-state index contributed by atoms with van der Waals surface area (Å²) >= 11 is 7.10. The Balaban J connectivity index is 1.72. The first-order valence-corrected chi connectivity index (χ1v) is 10.3. The van der Waals surface area contributed by atoms with Gasteiger partial charge in [-0.15, -0.1) is 11.3 Å². The van der Waals surface area contributed by atoms with E-state index >= 15 is 0 Å². The SMILES string of the molecule is CS(=O)(=O)Cc1ncc(C(=O)N[C@@H]2CCc3cc(Cl)ccc32)s1. The fraction of sp³-hybridized carbons (Fsp3) is 0.333. The lowest BCUT2D eigenvalue weighted by Crippen LogP contribution is -2.26. The number of hydrogen-bond donors (Lipinski definition) is 1. The average molecular weight is 371 g/mol. The van der Waals surface area contributed by atoms with Crippen LogP contribution in [0.2, 0.25) is 5.02 Å². The summed E-state index contributed by atoms with van der Waals surface area (Å²) in [5, 5.41) is 4.11. The van der Waals surface area contributed by atoms with Crippen LogP contribution in [0.1, 0.15) is 38.3 Å². The highest BCUT2D eigenvalue weighted by Gasteiger charge is 2.25. The van der Waals surface area contributed by atoms with E-state index in [1.807, 2.05) is 18.2 Å². The molecule has 0 saturated carbocycles. The standard InChI is InChI=1S/C15H15ClN2O3S2/c1-23(20,21)8-14-17-7-13(22-14)15(19)18-12-5-2-9-6-10(16)3-4-11(9)12/h3-4,6-7,12H,2,5,8H2,1H3,(H,18,19)/t12-/m1/s1. The van der Waals surface area contributed by atoms with Gasteiger partial charge >= 0.3 is 0 Å². The molecule has 0 spiro atoms. The minimum atomic E-state index is -3.15. The quantitative estimate of drug-likeness (QED) is 0.897. The number of benzene rings is 1. The Bertz CT molecular complexity index is 861. The molecule has 1 aliphatic carbocycles. The van der Waals surface area contributed by atoms with Crippen molar-refractivity contribution in [3.8, 4) is 0 Å². The molecular weight excluding hydrogens is 356 g/mol. The van der Waals surface area contributed by atoms with Gasteiger partial charge in [0.25, 0.3) is 5.91 Å². The number of nitrogens with zero attached hydrogens (tertiary/aromatic N) is 1. The summed E-state index contributed by atoms with van der Waals surface area (Å²) in [7, 11) is -3.15. The van der Waals surface area contributed by atoms with Crippen LogP contribution < -0.4 is 5.32 Å². The third-order valence-corrected chi connectivity index (χ3v) is 5.86. The molecule has 1 heterocycles. The van der Waals surface area contributed by atoms with Crippen LogP contribution in [0.5, 0.6) is 0 Å². The Morgan fingerprint density at radius 3 is 3.00 bits per heavy atom. The van der Waals surface area contributed by atoms with Gasteiger partial charge in [-0.25, -0.2) is 13.4 Å². The van der Waals surface area contributed by atoms with E-state index < -0.39 is 9.84 Å². The number of carbonyl (C=O) groups is 1. The number of rotatable bonds is 4. The summed E-state index contributed by atoms with van der Waals surface area (Å²) in [5.41, 5.74) is 2.24. The molecule has 0 radical (unpaired) electrons. The molecule has 0 unspecified atom stereocenters. The smallest absolute Gasteiger partial charge is 0.263 e. The van der Waals surface area contributed by atoms with Gasteiger partial charge in [0, 0.05) is 11.3 Å². The van der Waals surface area contributed by atoms with Gasteiger partial charge in [-0.1, -0.05) is 17.7 Å². The van der Waals surface area contributed by atoms with E-state index in [9.17, 15) is 13.2 Å². The second-order valence-corrected chi connectivity index (χ2v) is 9.29. The fourth-order valence-electron chi connectivity index (χ4n) is 2.67. The fourth-order valence-corrected chi connectivity index (χ4v) is 4.88. The van der Waals surface area contributed by atoms with Crippen LogP contribution in [0.3, 0.4) is 0 Å². The lowest BCUT2D eigenvalue weighted by Gasteiger charge is -2.13. The maximum absolute atomic E-state index is 12.3. The van der Waals surface area contributed by atoms with E-state index in [0.717, 1.165) is 41.6 Å². The molecule has 1 aromatic carbocycles. The van der Waals surface area contributed by atoms with Crippen molar-refractivity contribution >= 4 is 38.7 Å². The molecule has 0 bridgehead atoms. The van der Waals surface area contributed by atoms with Gasteiger partial charge in [0.15, 0.2) is 9.84 Å². The van der Waals surface area contributed by atoms with Crippen molar-refractivity contribution in [2.45, 2.75) is 24.6 Å². The molecule has 5 nitrogen and oxygen atoms in total. The number of nitrogens with one attached hydrogen (secondary N) is 1. The molecule has 122 valence electrons. The van der Waals surface area contributed by atoms with Gasteiger partial charge in [0.1, 0.15) is 15.6 Å². The molecule has 23 heavy (non-hydrogen) atoms. The van der Waals surface area contributed by atoms with Crippen LogP contribution in [-0.4, -0.2) is 25.6 Å². The highest BCUT2D eigenvalue weighted by molar-refractivity contribution is 7.90. The summed E-state index contributed by atoms with van der Waals surface area (Å²) in [5.74, 6) is -0.370. The topological polar surface area (TPSA) is 76.1 Å². The highest BCUT2D eigenvalue weighted by Crippen LogP contribution is 2.33. The maximum atomic E-state index is 12.3. The second kappa shape index (κ2) is 6.22. The molecule has 0 saturated heterocycles. The molecule has 1 aliphatic rings. The van der Waals surface area contributed by atoms with Crippen LogP contribution in [0, 0.1) is 0 Å². The first kappa shape index (κ1) is 16.4. The molecule has 1 N–H and O–H groups in total. The van der Waals surface area contributed by atoms with Gasteiger partial charge in [-0.2, -0.15) is 0 Å². The van der Waals surface area contributed by atoms with Crippen molar-refractivity contribution in [3.05, 3.63) is 50.4 Å². The minimum Gasteiger partial charge on any atom is -0.344 e. The largest absolute Gasteiger partial charge is 0.344 e. The first-order valence-electron chi connectivity index (χ1n) is 7.03. The van der Waals surface area contributed by atoms with Gasteiger partial charge in [0.2, 0.25) is 0 Å². The van der Waals surface area contributed by atoms with Crippen molar-refractivity contribution < 1.29 is 13.2 Å². The van der Waals surface area contributed by atoms with Gasteiger partial charge < -0.3 is 5.32 Å². The Kier molecular flexibility index (Phi) is 4.44. The molecule has 3 rings (SSSR count). The monoisotopic (exact) mass is 370 g/mol. The normalized spacial score (nSPS) is 17.0. The summed E-state index contributed by atoms with van der Waals surface area (Å²) in [4.78, 5) is 16.8. The molecule has 1 aromatic heterocycles. The van der Waals surface area contributed by atoms with Gasteiger partial charge in [-0.3, -0.25) is 4.79 Å². The lowest BCUT2D eigenvalue weighted by molar-refractivity contribution is 0.0940. The Labute approximate surface area is 143 Å². The molecule has 8 heteroatoms. The van der Waals surface area contributed by atoms with Crippen molar-refractivity contribution in [1.29, 1.82) is 0 Å². The van der Waals surface area contributed by atoms with Crippen molar-refractivity contribution in [2.75, 3.05) is 6.26 Å². The average Bonchev–Trinajstić information content (AvgIpc) is 3.04. The summed E-state index contributed by atoms with van der Waals surface area (Å²) in [6, 6.07) is 5.65. The summed E-state index contributed by atoms with van der Waals surface area (Å²) in [6.45, 7) is 0. The minimum absolute atomic E-state index is 0.0461. The van der Waals surface area contributed by atoms with Crippen LogP contribution in [0.15, 0.2) is 24.4 Å². The summed E-state index contributed by atoms with van der Waals surface area (Å²) in [6.07, 6.45) is 4.28. The van der Waals surface area contributed by atoms with Crippen LogP contribution >= 0.6 is 22.9 Å². The van der Waals surface area contributed by atoms with E-state index in [1.165, 1.54) is 6.20 Å². The number of carbonyl (C=O) groups excluding carboxylic acids is 1. The number of fused-ring (bicyclic) bond motifs is 1. The Morgan fingerprint density at radius 1 is 1.48 bits per heavy atom. The molecule has 0 fully saturated rings. The van der Waals surface area contributed by atoms with Gasteiger partial charge in [-0.05, 0) is 36.1 Å². The van der Waals surface area contributed by atoms with Crippen molar-refractivity contribution in [1.82, 2.24) is 10.3 Å². The molecular formula is C15H15ClN2O3S2. The Morgan fingerprint density at radius 2 is 2.26 bits per heavy atom. The van der Waals surface area contributed by atoms with Crippen molar-refractivity contribution in [2.24, 2.45) is 0 Å². The molecule has 0 aliphatic heterocycles. The first-order chi connectivity index (χ1) is 10.8. The third kappa shape index (κ3) is 3.91. The third-order valence-electron chi connectivity index (χ3n) is 3.65. The zero-order valence-corrected chi connectivity index (χ0v) is 14.8. The van der Waals surface area contributed by atoms with Gasteiger partial charge in [0.05, 0.1) is 12.2 Å². The zero-order chi connectivity index (χ0) is 16.6. The van der Waals surface area contributed by atoms with Crippen LogP contribution in [-0.2, 0) is 22.0 Å². The number of sulfone groups is 1. The number of aromatic nitrogens is 1. The zero-order valence-electron chi connectivity index (χ0n) is 12.4. The van der Waals surface area contributed by atoms with Crippen LogP contribution in [0.25, 0.3) is 0 Å². The lowest BCUT2D eigenvalue weighted by atomic mass is 10.1. The summed E-state index contributed by atoms with van der Waals surface area (Å²) < 4.78 is 22.6. The van der Waals surface area contributed by atoms with Crippen LogP contribution in [0.4, 0.5) is 0 Å². The number of halogens is 1. The molecule has 1 amide bonds. The maximum Gasteiger partial charge on any atom is 0.263 e. The molecule has 1 atom stereocenters. The van der Waals surface area contributed by atoms with Crippen molar-refractivity contribution in [3.63, 3.8) is 0 Å². The van der Waals surface area contributed by atoms with E-state index in [-0.39, 0.29) is 17.7 Å². The number of amides is 1. The number of hydrogen-bond acceptors (Lipinski definition) is 5. The number of thiazole rings is 1.